The van der Waals surface area contributed by atoms with Crippen molar-refractivity contribution in [2.24, 2.45) is 5.92 Å². The van der Waals surface area contributed by atoms with Crippen LogP contribution in [-0.4, -0.2) is 34.1 Å². The van der Waals surface area contributed by atoms with Crippen LogP contribution in [0, 0.1) is 5.92 Å². The molecule has 0 aliphatic carbocycles. The number of aliphatic hydroxyl groups is 1. The number of nitrogens with zero attached hydrogens (tertiary/aromatic N) is 1. The van der Waals surface area contributed by atoms with E-state index in [1.807, 2.05) is 6.92 Å². The molecular weight excluding hydrogens is 182 g/mol. The molecule has 14 heavy (non-hydrogen) atoms. The first-order valence-electron chi connectivity index (χ1n) is 4.61. The van der Waals surface area contributed by atoms with Crippen LogP contribution in [0.5, 0.6) is 0 Å². The summed E-state index contributed by atoms with van der Waals surface area (Å²) in [6.45, 7) is 2.70. The molecule has 0 aliphatic heterocycles. The Morgan fingerprint density at radius 2 is 2.57 bits per heavy atom. The lowest BCUT2D eigenvalue weighted by molar-refractivity contribution is 0.0941. The maximum Gasteiger partial charge on any atom is 0.269 e. The number of H-pyrrole nitrogens is 1. The molecule has 3 N–H and O–H groups in total. The topological polar surface area (TPSA) is 78.0 Å². The van der Waals surface area contributed by atoms with Gasteiger partial charge in [0, 0.05) is 13.2 Å². The SMILES string of the molecule is CC(CCO)CNC(=O)c1cnc[nH]1. The van der Waals surface area contributed by atoms with E-state index in [1.54, 1.807) is 0 Å². The maximum absolute atomic E-state index is 11.4. The zero-order chi connectivity index (χ0) is 10.4. The Morgan fingerprint density at radius 1 is 1.79 bits per heavy atom. The number of nitrogens with one attached hydrogen (secondary N) is 2. The van der Waals surface area contributed by atoms with Gasteiger partial charge in [-0.1, -0.05) is 6.92 Å². The van der Waals surface area contributed by atoms with Crippen molar-refractivity contribution in [3.8, 4) is 0 Å². The van der Waals surface area contributed by atoms with Crippen molar-refractivity contribution >= 4 is 5.91 Å². The maximum atomic E-state index is 11.4. The third kappa shape index (κ3) is 3.18. The molecule has 1 amide bonds. The molecule has 1 heterocycles. The molecule has 5 nitrogen and oxygen atoms in total. The monoisotopic (exact) mass is 197 g/mol. The molecule has 1 rings (SSSR count). The quantitative estimate of drug-likeness (QED) is 0.629. The van der Waals surface area contributed by atoms with E-state index in [0.29, 0.717) is 18.7 Å². The van der Waals surface area contributed by atoms with Crippen molar-refractivity contribution in [2.75, 3.05) is 13.2 Å². The lowest BCUT2D eigenvalue weighted by Gasteiger charge is -2.09. The lowest BCUT2D eigenvalue weighted by Crippen LogP contribution is -2.28. The van der Waals surface area contributed by atoms with Crippen molar-refractivity contribution in [2.45, 2.75) is 13.3 Å². The first-order chi connectivity index (χ1) is 6.74. The summed E-state index contributed by atoms with van der Waals surface area (Å²) in [6.07, 6.45) is 3.64. The lowest BCUT2D eigenvalue weighted by atomic mass is 10.1. The minimum Gasteiger partial charge on any atom is -0.396 e. The molecule has 78 valence electrons. The smallest absolute Gasteiger partial charge is 0.269 e. The van der Waals surface area contributed by atoms with Gasteiger partial charge in [0.25, 0.3) is 5.91 Å². The van der Waals surface area contributed by atoms with Gasteiger partial charge in [0.2, 0.25) is 0 Å². The van der Waals surface area contributed by atoms with Gasteiger partial charge in [-0.3, -0.25) is 4.79 Å². The molecule has 5 heteroatoms. The minimum absolute atomic E-state index is 0.154. The molecule has 1 unspecified atom stereocenters. The van der Waals surface area contributed by atoms with Crippen LogP contribution in [0.1, 0.15) is 23.8 Å². The number of carbonyl (C=O) groups excluding carboxylic acids is 1. The Kier molecular flexibility index (Phi) is 4.12. The second-order valence-corrected chi connectivity index (χ2v) is 3.29. The van der Waals surface area contributed by atoms with Crippen molar-refractivity contribution in [3.05, 3.63) is 18.2 Å². The predicted octanol–water partition coefficient (Wildman–Crippen LogP) is 0.158. The molecule has 0 saturated heterocycles. The Hall–Kier alpha value is -1.36. The van der Waals surface area contributed by atoms with Crippen molar-refractivity contribution < 1.29 is 9.90 Å². The minimum atomic E-state index is -0.160. The van der Waals surface area contributed by atoms with Crippen molar-refractivity contribution in [3.63, 3.8) is 0 Å². The zero-order valence-electron chi connectivity index (χ0n) is 8.16. The highest BCUT2D eigenvalue weighted by molar-refractivity contribution is 5.91. The summed E-state index contributed by atoms with van der Waals surface area (Å²) in [4.78, 5) is 17.8. The summed E-state index contributed by atoms with van der Waals surface area (Å²) in [5, 5.41) is 11.4. The molecular formula is C9H15N3O2. The largest absolute Gasteiger partial charge is 0.396 e. The molecule has 1 aromatic heterocycles. The van der Waals surface area contributed by atoms with Gasteiger partial charge in [-0.05, 0) is 12.3 Å². The molecule has 1 atom stereocenters. The molecule has 1 aromatic rings. The number of aromatic nitrogens is 2. The van der Waals surface area contributed by atoms with Gasteiger partial charge < -0.3 is 15.4 Å². The first-order valence-corrected chi connectivity index (χ1v) is 4.61. The highest BCUT2D eigenvalue weighted by atomic mass is 16.3. The second kappa shape index (κ2) is 5.39. The van der Waals surface area contributed by atoms with Gasteiger partial charge >= 0.3 is 0 Å². The number of hydrogen-bond donors (Lipinski definition) is 3. The highest BCUT2D eigenvalue weighted by Gasteiger charge is 2.07. The standard InChI is InChI=1S/C9H15N3O2/c1-7(2-3-13)4-11-9(14)8-5-10-6-12-8/h5-7,13H,2-4H2,1H3,(H,10,12)(H,11,14). The molecule has 0 radical (unpaired) electrons. The summed E-state index contributed by atoms with van der Waals surface area (Å²) < 4.78 is 0. The fourth-order valence-electron chi connectivity index (χ4n) is 1.06. The van der Waals surface area contributed by atoms with Crippen LogP contribution in [0.4, 0.5) is 0 Å². The van der Waals surface area contributed by atoms with Gasteiger partial charge in [-0.15, -0.1) is 0 Å². The van der Waals surface area contributed by atoms with E-state index in [9.17, 15) is 4.79 Å². The summed E-state index contributed by atoms with van der Waals surface area (Å²) in [7, 11) is 0. The van der Waals surface area contributed by atoms with Crippen LogP contribution >= 0.6 is 0 Å². The molecule has 0 spiro atoms. The Balaban J connectivity index is 2.28. The number of rotatable bonds is 5. The number of hydrogen-bond acceptors (Lipinski definition) is 3. The first kappa shape index (κ1) is 10.7. The van der Waals surface area contributed by atoms with Crippen LogP contribution in [0.15, 0.2) is 12.5 Å². The van der Waals surface area contributed by atoms with Gasteiger partial charge in [-0.2, -0.15) is 0 Å². The van der Waals surface area contributed by atoms with Crippen LogP contribution in [0.2, 0.25) is 0 Å². The van der Waals surface area contributed by atoms with Gasteiger partial charge in [0.05, 0.1) is 12.5 Å². The number of aliphatic hydroxyl groups excluding tert-OH is 1. The van der Waals surface area contributed by atoms with E-state index < -0.39 is 0 Å². The fourth-order valence-corrected chi connectivity index (χ4v) is 1.06. The number of amides is 1. The Bertz CT molecular complexity index is 272. The van der Waals surface area contributed by atoms with Crippen LogP contribution in [-0.2, 0) is 0 Å². The third-order valence-corrected chi connectivity index (χ3v) is 1.98. The zero-order valence-corrected chi connectivity index (χ0v) is 8.16. The fraction of sp³-hybridized carbons (Fsp3) is 0.556. The van der Waals surface area contributed by atoms with E-state index in [1.165, 1.54) is 12.5 Å². The highest BCUT2D eigenvalue weighted by Crippen LogP contribution is 1.99. The summed E-state index contributed by atoms with van der Waals surface area (Å²) >= 11 is 0. The van der Waals surface area contributed by atoms with Gasteiger partial charge in [0.15, 0.2) is 0 Å². The predicted molar refractivity (Wildman–Crippen MR) is 51.8 cm³/mol. The average molecular weight is 197 g/mol. The number of carbonyl (C=O) groups is 1. The van der Waals surface area contributed by atoms with E-state index in [2.05, 4.69) is 15.3 Å². The summed E-state index contributed by atoms with van der Waals surface area (Å²) in [6, 6.07) is 0. The van der Waals surface area contributed by atoms with E-state index >= 15 is 0 Å². The number of aromatic amines is 1. The van der Waals surface area contributed by atoms with Gasteiger partial charge in [-0.25, -0.2) is 4.98 Å². The van der Waals surface area contributed by atoms with Gasteiger partial charge in [0.1, 0.15) is 5.69 Å². The summed E-state index contributed by atoms with van der Waals surface area (Å²) in [5.41, 5.74) is 0.459. The molecule has 0 aromatic carbocycles. The van der Waals surface area contributed by atoms with E-state index in [4.69, 9.17) is 5.11 Å². The van der Waals surface area contributed by atoms with Crippen molar-refractivity contribution in [1.29, 1.82) is 0 Å². The molecule has 0 fully saturated rings. The van der Waals surface area contributed by atoms with Crippen LogP contribution in [0.3, 0.4) is 0 Å². The van der Waals surface area contributed by atoms with Crippen LogP contribution in [0.25, 0.3) is 0 Å². The summed E-state index contributed by atoms with van der Waals surface area (Å²) in [5.74, 6) is 0.124. The van der Waals surface area contributed by atoms with Crippen LogP contribution < -0.4 is 5.32 Å². The average Bonchev–Trinajstić information content (AvgIpc) is 2.67. The van der Waals surface area contributed by atoms with Crippen molar-refractivity contribution in [1.82, 2.24) is 15.3 Å². The third-order valence-electron chi connectivity index (χ3n) is 1.98. The molecule has 0 saturated carbocycles. The normalized spacial score (nSPS) is 12.4. The second-order valence-electron chi connectivity index (χ2n) is 3.29. The Labute approximate surface area is 82.6 Å². The number of imidazole rings is 1. The van der Waals surface area contributed by atoms with E-state index in [-0.39, 0.29) is 18.4 Å². The molecule has 0 bridgehead atoms. The molecule has 0 aliphatic rings. The Morgan fingerprint density at radius 3 is 3.14 bits per heavy atom. The van der Waals surface area contributed by atoms with E-state index in [0.717, 1.165) is 0 Å².